The maximum atomic E-state index is 14.5. The predicted octanol–water partition coefficient (Wildman–Crippen LogP) is -0.0114. The second-order valence-electron chi connectivity index (χ2n) is 6.78. The van der Waals surface area contributed by atoms with Gasteiger partial charge >= 0.3 is 10.2 Å². The molecule has 29 heavy (non-hydrogen) atoms. The van der Waals surface area contributed by atoms with Gasteiger partial charge in [-0.1, -0.05) is 22.6 Å². The summed E-state index contributed by atoms with van der Waals surface area (Å²) in [6, 6.07) is 2.15. The van der Waals surface area contributed by atoms with E-state index in [4.69, 9.17) is 0 Å². The predicted molar refractivity (Wildman–Crippen MR) is 112 cm³/mol. The highest BCUT2D eigenvalue weighted by Gasteiger charge is 2.37. The molecule has 3 N–H and O–H groups in total. The summed E-state index contributed by atoms with van der Waals surface area (Å²) in [7, 11) is -7.54. The quantitative estimate of drug-likeness (QED) is 0.328. The molecule has 2 aliphatic heterocycles. The fourth-order valence-corrected chi connectivity index (χ4v) is 6.63. The summed E-state index contributed by atoms with van der Waals surface area (Å²) < 4.78 is 66.0. The Morgan fingerprint density at radius 1 is 1.38 bits per heavy atom. The largest absolute Gasteiger partial charge is 0.506 e. The number of carbonyl (C=O) groups is 1. The molecular weight excluding hydrogens is 542 g/mol. The minimum Gasteiger partial charge on any atom is -0.506 e. The Morgan fingerprint density at radius 2 is 2.10 bits per heavy atom. The van der Waals surface area contributed by atoms with E-state index < -0.39 is 49.9 Å². The lowest BCUT2D eigenvalue weighted by Gasteiger charge is -2.32. The van der Waals surface area contributed by atoms with Crippen molar-refractivity contribution in [3.8, 4) is 5.75 Å². The van der Waals surface area contributed by atoms with Crippen LogP contribution < -0.4 is 14.3 Å². The van der Waals surface area contributed by atoms with E-state index in [-0.39, 0.29) is 16.3 Å². The van der Waals surface area contributed by atoms with Crippen molar-refractivity contribution in [2.24, 2.45) is 0 Å². The van der Waals surface area contributed by atoms with Crippen LogP contribution in [-0.2, 0) is 31.6 Å². The number of piperidine rings is 1. The molecule has 2 fully saturated rings. The highest BCUT2D eigenvalue weighted by molar-refractivity contribution is 14.1. The summed E-state index contributed by atoms with van der Waals surface area (Å²) in [4.78, 5) is 11.3. The number of halogens is 2. The molecule has 10 nitrogen and oxygen atoms in total. The number of alkyl halides is 1. The van der Waals surface area contributed by atoms with E-state index in [1.54, 1.807) is 4.72 Å². The Kier molecular flexibility index (Phi) is 6.57. The van der Waals surface area contributed by atoms with Crippen LogP contribution in [0.4, 0.5) is 10.1 Å². The number of hydrogen-bond acceptors (Lipinski definition) is 7. The van der Waals surface area contributed by atoms with Crippen LogP contribution in [0.15, 0.2) is 12.1 Å². The molecule has 0 unspecified atom stereocenters. The molecule has 0 aliphatic carbocycles. The van der Waals surface area contributed by atoms with Crippen molar-refractivity contribution >= 4 is 54.4 Å². The lowest BCUT2D eigenvalue weighted by Crippen LogP contribution is -2.47. The summed E-state index contributed by atoms with van der Waals surface area (Å²) >= 11 is 1.81. The smallest absolute Gasteiger partial charge is 0.326 e. The van der Waals surface area contributed by atoms with Gasteiger partial charge in [0.15, 0.2) is 5.82 Å². The van der Waals surface area contributed by atoms with Crippen molar-refractivity contribution in [2.45, 2.75) is 25.4 Å². The number of phenolic OH excluding ortho intramolecular Hbond substituents is 1. The van der Waals surface area contributed by atoms with Gasteiger partial charge in [-0.3, -0.25) is 4.79 Å². The van der Waals surface area contributed by atoms with Crippen molar-refractivity contribution in [2.75, 3.05) is 27.7 Å². The third-order valence-corrected chi connectivity index (χ3v) is 9.82. The molecule has 0 bridgehead atoms. The molecule has 2 heterocycles. The average molecular weight is 562 g/mol. The first kappa shape index (κ1) is 22.5. The van der Waals surface area contributed by atoms with Gasteiger partial charge in [0, 0.05) is 25.7 Å². The molecule has 162 valence electrons. The van der Waals surface area contributed by atoms with E-state index >= 15 is 0 Å². The number of aromatic hydroxyl groups is 1. The van der Waals surface area contributed by atoms with Crippen LogP contribution in [0.2, 0.25) is 0 Å². The number of hydrogen-bond donors (Lipinski definition) is 3. The molecule has 1 atom stereocenters. The van der Waals surface area contributed by atoms with Crippen molar-refractivity contribution in [3.63, 3.8) is 0 Å². The minimum atomic E-state index is -4.24. The Balaban J connectivity index is 1.71. The van der Waals surface area contributed by atoms with Gasteiger partial charge < -0.3 is 10.4 Å². The summed E-state index contributed by atoms with van der Waals surface area (Å²) in [5.41, 5.74) is -0.238. The van der Waals surface area contributed by atoms with Crippen LogP contribution in [0.5, 0.6) is 5.75 Å². The van der Waals surface area contributed by atoms with E-state index in [0.717, 1.165) is 12.5 Å². The van der Waals surface area contributed by atoms with Gasteiger partial charge in [-0.2, -0.15) is 12.7 Å². The first-order valence-corrected chi connectivity index (χ1v) is 13.2. The maximum absolute atomic E-state index is 14.5. The highest BCUT2D eigenvalue weighted by Crippen LogP contribution is 2.34. The molecule has 2 aliphatic rings. The normalized spacial score (nSPS) is 22.6. The van der Waals surface area contributed by atoms with Gasteiger partial charge in [-0.05, 0) is 30.5 Å². The number of carbonyl (C=O) groups excluding carboxylic acids is 1. The second-order valence-corrected chi connectivity index (χ2v) is 12.1. The van der Waals surface area contributed by atoms with E-state index in [2.05, 4.69) is 5.32 Å². The fourth-order valence-electron chi connectivity index (χ4n) is 3.33. The number of amides is 1. The number of phenols is 1. The van der Waals surface area contributed by atoms with Crippen LogP contribution >= 0.6 is 22.6 Å². The summed E-state index contributed by atoms with van der Waals surface area (Å²) in [5.74, 6) is -2.42. The zero-order chi connectivity index (χ0) is 21.4. The highest BCUT2D eigenvalue weighted by atomic mass is 127. The first-order valence-electron chi connectivity index (χ1n) is 8.65. The maximum Gasteiger partial charge on any atom is 0.326 e. The monoisotopic (exact) mass is 562 g/mol. The number of anilines is 1. The number of sulfonamides is 1. The van der Waals surface area contributed by atoms with Gasteiger partial charge in [-0.15, -0.1) is 0 Å². The van der Waals surface area contributed by atoms with Gasteiger partial charge in [0.1, 0.15) is 21.7 Å². The van der Waals surface area contributed by atoms with Gasteiger partial charge in [0.25, 0.3) is 5.91 Å². The third-order valence-electron chi connectivity index (χ3n) is 4.68. The van der Waals surface area contributed by atoms with E-state index in [9.17, 15) is 31.1 Å². The number of rotatable bonds is 6. The Labute approximate surface area is 181 Å². The first-order chi connectivity index (χ1) is 13.5. The fraction of sp³-hybridized carbons (Fsp3) is 0.533. The lowest BCUT2D eigenvalue weighted by molar-refractivity contribution is -0.117. The molecule has 1 aromatic carbocycles. The Bertz CT molecular complexity index is 997. The SMILES string of the molecule is O=C1CN(c2c(O)cc(CN[C@@H]3CCCN(S(=O)(=O)CI)C3)cc2F)S(=O)(=O)N1. The molecular formula is C15H20FIN4O6S2. The third kappa shape index (κ3) is 4.92. The summed E-state index contributed by atoms with van der Waals surface area (Å²) in [6.45, 7) is 0.299. The average Bonchev–Trinajstić information content (AvgIpc) is 2.91. The van der Waals surface area contributed by atoms with Crippen LogP contribution in [0.1, 0.15) is 18.4 Å². The number of nitrogens with one attached hydrogen (secondary N) is 2. The molecule has 0 spiro atoms. The van der Waals surface area contributed by atoms with Gasteiger partial charge in [0.05, 0.1) is 0 Å². The van der Waals surface area contributed by atoms with Gasteiger partial charge in [-0.25, -0.2) is 21.8 Å². The van der Waals surface area contributed by atoms with Crippen LogP contribution in [0.3, 0.4) is 0 Å². The lowest BCUT2D eigenvalue weighted by atomic mass is 10.1. The second kappa shape index (κ2) is 8.49. The Hall–Kier alpha value is -1.23. The van der Waals surface area contributed by atoms with Gasteiger partial charge in [0.2, 0.25) is 10.0 Å². The standard InChI is InChI=1S/C15H20FIN4O6S2/c16-12-4-10(5-13(22)15(12)21-8-14(23)19-29(21,26)27)6-18-11-2-1-3-20(7-11)28(24,25)9-17/h4-5,11,18,22H,1-3,6-9H2,(H,19,23)/t11-/m1/s1. The topological polar surface area (TPSA) is 136 Å². The minimum absolute atomic E-state index is 0.00517. The molecule has 1 aromatic rings. The van der Waals surface area contributed by atoms with Crippen LogP contribution in [0.25, 0.3) is 0 Å². The molecule has 2 saturated heterocycles. The van der Waals surface area contributed by atoms with E-state index in [0.29, 0.717) is 29.4 Å². The van der Waals surface area contributed by atoms with Crippen molar-refractivity contribution in [1.29, 1.82) is 0 Å². The number of nitrogens with zero attached hydrogens (tertiary/aromatic N) is 2. The van der Waals surface area contributed by atoms with E-state index in [1.807, 2.05) is 22.6 Å². The molecule has 0 radical (unpaired) electrons. The number of benzene rings is 1. The van der Waals surface area contributed by atoms with Crippen LogP contribution in [-0.4, -0.2) is 61.6 Å². The summed E-state index contributed by atoms with van der Waals surface area (Å²) in [5, 5.41) is 13.3. The molecule has 14 heteroatoms. The zero-order valence-corrected chi connectivity index (χ0v) is 18.9. The summed E-state index contributed by atoms with van der Waals surface area (Å²) in [6.07, 6.45) is 1.44. The molecule has 3 rings (SSSR count). The molecule has 0 saturated carbocycles. The zero-order valence-electron chi connectivity index (χ0n) is 15.1. The Morgan fingerprint density at radius 3 is 2.69 bits per heavy atom. The molecule has 0 aromatic heterocycles. The van der Waals surface area contributed by atoms with Crippen LogP contribution in [0, 0.1) is 5.82 Å². The van der Waals surface area contributed by atoms with Crippen molar-refractivity contribution in [1.82, 2.24) is 14.3 Å². The van der Waals surface area contributed by atoms with Crippen molar-refractivity contribution < 1.29 is 31.1 Å². The van der Waals surface area contributed by atoms with E-state index in [1.165, 1.54) is 10.4 Å². The molecule has 1 amide bonds. The van der Waals surface area contributed by atoms with Crippen molar-refractivity contribution in [3.05, 3.63) is 23.5 Å².